The molecule has 0 unspecified atom stereocenters. The van der Waals surface area contributed by atoms with Crippen molar-refractivity contribution in [2.75, 3.05) is 0 Å². The summed E-state index contributed by atoms with van der Waals surface area (Å²) in [5.74, 6) is 0. The number of fused-ring (bicyclic) bond motifs is 2. The Labute approximate surface area is 164 Å². The zero-order valence-corrected chi connectivity index (χ0v) is 15.1. The lowest BCUT2D eigenvalue weighted by molar-refractivity contribution is 0.568. The number of nitrogens with zero attached hydrogens (tertiary/aromatic N) is 4. The molecule has 29 heavy (non-hydrogen) atoms. The molecular weight excluding hydrogens is 364 g/mol. The summed E-state index contributed by atoms with van der Waals surface area (Å²) in [4.78, 5) is 16.9. The predicted octanol–water partition coefficient (Wildman–Crippen LogP) is 4.82. The number of rotatable bonds is 3. The predicted molar refractivity (Wildman–Crippen MR) is 110 cm³/mol. The zero-order chi connectivity index (χ0) is 19.2. The van der Waals surface area contributed by atoms with Crippen molar-refractivity contribution in [3.05, 3.63) is 73.6 Å². The van der Waals surface area contributed by atoms with E-state index in [1.54, 1.807) is 31.1 Å². The Hall–Kier alpha value is -4.26. The molecular formula is C22H14N6O. The van der Waals surface area contributed by atoms with Crippen molar-refractivity contribution in [3.63, 3.8) is 0 Å². The molecule has 6 aromatic rings. The summed E-state index contributed by atoms with van der Waals surface area (Å²) in [7, 11) is 0. The molecule has 0 aliphatic heterocycles. The van der Waals surface area contributed by atoms with Gasteiger partial charge in [-0.2, -0.15) is 5.10 Å². The highest BCUT2D eigenvalue weighted by atomic mass is 16.3. The van der Waals surface area contributed by atoms with Gasteiger partial charge in [0.05, 0.1) is 29.4 Å². The van der Waals surface area contributed by atoms with Crippen LogP contribution < -0.4 is 0 Å². The van der Waals surface area contributed by atoms with Crippen molar-refractivity contribution in [1.29, 1.82) is 0 Å². The third kappa shape index (κ3) is 2.52. The van der Waals surface area contributed by atoms with Gasteiger partial charge in [0.1, 0.15) is 16.9 Å². The molecule has 0 saturated heterocycles. The van der Waals surface area contributed by atoms with Crippen molar-refractivity contribution >= 4 is 22.1 Å². The summed E-state index contributed by atoms with van der Waals surface area (Å²) in [6, 6.07) is 13.8. The van der Waals surface area contributed by atoms with E-state index in [-0.39, 0.29) is 0 Å². The van der Waals surface area contributed by atoms with Gasteiger partial charge < -0.3 is 9.40 Å². The van der Waals surface area contributed by atoms with Crippen molar-refractivity contribution < 1.29 is 4.42 Å². The van der Waals surface area contributed by atoms with Crippen LogP contribution in [-0.4, -0.2) is 30.1 Å². The first-order valence-corrected chi connectivity index (χ1v) is 9.13. The minimum atomic E-state index is 0.752. The highest BCUT2D eigenvalue weighted by Crippen LogP contribution is 2.33. The Morgan fingerprint density at radius 3 is 2.83 bits per heavy atom. The van der Waals surface area contributed by atoms with Crippen molar-refractivity contribution in [2.45, 2.75) is 0 Å². The summed E-state index contributed by atoms with van der Waals surface area (Å²) in [5, 5.41) is 8.58. The topological polar surface area (TPSA) is 96.3 Å². The third-order valence-electron chi connectivity index (χ3n) is 4.98. The second-order valence-corrected chi connectivity index (χ2v) is 6.72. The first-order valence-electron chi connectivity index (χ1n) is 9.13. The van der Waals surface area contributed by atoms with Crippen LogP contribution in [0.4, 0.5) is 0 Å². The van der Waals surface area contributed by atoms with E-state index in [0.29, 0.717) is 0 Å². The smallest absolute Gasteiger partial charge is 0.138 e. The Balaban J connectivity index is 1.53. The number of nitrogens with one attached hydrogen (secondary N) is 2. The molecule has 138 valence electrons. The molecule has 0 spiro atoms. The first-order chi connectivity index (χ1) is 14.4. The molecule has 0 fully saturated rings. The maximum atomic E-state index is 5.25. The molecule has 0 bridgehead atoms. The normalized spacial score (nSPS) is 11.4. The molecule has 7 heteroatoms. The molecule has 0 radical (unpaired) electrons. The van der Waals surface area contributed by atoms with Gasteiger partial charge >= 0.3 is 0 Å². The van der Waals surface area contributed by atoms with E-state index in [4.69, 9.17) is 9.40 Å². The van der Waals surface area contributed by atoms with E-state index in [1.165, 1.54) is 0 Å². The molecule has 0 amide bonds. The summed E-state index contributed by atoms with van der Waals surface area (Å²) < 4.78 is 5.25. The van der Waals surface area contributed by atoms with Crippen molar-refractivity contribution in [3.8, 4) is 33.8 Å². The monoisotopic (exact) mass is 378 g/mol. The number of aromatic nitrogens is 6. The average molecular weight is 378 g/mol. The summed E-state index contributed by atoms with van der Waals surface area (Å²) in [5.41, 5.74) is 7.92. The lowest BCUT2D eigenvalue weighted by Crippen LogP contribution is -1.86. The lowest BCUT2D eigenvalue weighted by atomic mass is 10.1. The molecule has 6 heterocycles. The highest BCUT2D eigenvalue weighted by molar-refractivity contribution is 5.98. The second kappa shape index (κ2) is 6.13. The van der Waals surface area contributed by atoms with Crippen LogP contribution in [0.1, 0.15) is 0 Å². The van der Waals surface area contributed by atoms with Crippen molar-refractivity contribution in [1.82, 2.24) is 30.1 Å². The SMILES string of the molecule is c1cncc(-c2ccc3[nH]nc(-c4cc5c(-c6ccoc6)ccnc5[nH]4)c3n2)c1. The molecule has 6 aromatic heterocycles. The number of hydrogen-bond donors (Lipinski definition) is 2. The van der Waals surface area contributed by atoms with Crippen molar-refractivity contribution in [2.24, 2.45) is 0 Å². The van der Waals surface area contributed by atoms with E-state index in [2.05, 4.69) is 31.2 Å². The lowest BCUT2D eigenvalue weighted by Gasteiger charge is -2.00. The molecule has 2 N–H and O–H groups in total. The molecule has 0 aliphatic rings. The fraction of sp³-hybridized carbons (Fsp3) is 0. The number of aromatic amines is 2. The summed E-state index contributed by atoms with van der Waals surface area (Å²) >= 11 is 0. The summed E-state index contributed by atoms with van der Waals surface area (Å²) in [6.07, 6.45) is 8.73. The molecule has 0 aromatic carbocycles. The van der Waals surface area contributed by atoms with Crippen LogP contribution in [0.5, 0.6) is 0 Å². The second-order valence-electron chi connectivity index (χ2n) is 6.72. The summed E-state index contributed by atoms with van der Waals surface area (Å²) in [6.45, 7) is 0. The Bertz CT molecular complexity index is 1450. The van der Waals surface area contributed by atoms with E-state index in [0.717, 1.165) is 55.8 Å². The van der Waals surface area contributed by atoms with Gasteiger partial charge in [-0.3, -0.25) is 10.1 Å². The molecule has 0 atom stereocenters. The fourth-order valence-corrected chi connectivity index (χ4v) is 3.59. The molecule has 0 aliphatic carbocycles. The number of H-pyrrole nitrogens is 2. The van der Waals surface area contributed by atoms with E-state index >= 15 is 0 Å². The Morgan fingerprint density at radius 2 is 1.97 bits per heavy atom. The number of pyridine rings is 3. The highest BCUT2D eigenvalue weighted by Gasteiger charge is 2.16. The van der Waals surface area contributed by atoms with Crippen LogP contribution in [0.2, 0.25) is 0 Å². The number of furan rings is 1. The quantitative estimate of drug-likeness (QED) is 0.460. The largest absolute Gasteiger partial charge is 0.472 e. The van der Waals surface area contributed by atoms with Crippen LogP contribution in [0.3, 0.4) is 0 Å². The minimum Gasteiger partial charge on any atom is -0.472 e. The van der Waals surface area contributed by atoms with E-state index < -0.39 is 0 Å². The zero-order valence-electron chi connectivity index (χ0n) is 15.1. The molecule has 6 rings (SSSR count). The average Bonchev–Trinajstić information content (AvgIpc) is 3.52. The van der Waals surface area contributed by atoms with Crippen LogP contribution in [0, 0.1) is 0 Å². The number of hydrogen-bond acceptors (Lipinski definition) is 5. The van der Waals surface area contributed by atoms with Crippen LogP contribution in [0.15, 0.2) is 78.0 Å². The van der Waals surface area contributed by atoms with Gasteiger partial charge in [-0.15, -0.1) is 0 Å². The van der Waals surface area contributed by atoms with Gasteiger partial charge in [0.2, 0.25) is 0 Å². The van der Waals surface area contributed by atoms with Gasteiger partial charge in [-0.05, 0) is 48.0 Å². The van der Waals surface area contributed by atoms with Gasteiger partial charge in [0.25, 0.3) is 0 Å². The first kappa shape index (κ1) is 15.8. The van der Waals surface area contributed by atoms with Gasteiger partial charge in [0.15, 0.2) is 0 Å². The third-order valence-corrected chi connectivity index (χ3v) is 4.98. The van der Waals surface area contributed by atoms with Gasteiger partial charge in [-0.25, -0.2) is 9.97 Å². The van der Waals surface area contributed by atoms with Crippen LogP contribution in [-0.2, 0) is 0 Å². The van der Waals surface area contributed by atoms with E-state index in [1.807, 2.05) is 36.4 Å². The standard InChI is InChI=1S/C22H14N6O/c1-2-13(11-23-7-1)17-3-4-18-20(25-17)21(28-27-18)19-10-16-15(14-6-9-29-12-14)5-8-24-22(16)26-19/h1-12H,(H,24,26)(H,27,28). The molecule has 0 saturated carbocycles. The van der Waals surface area contributed by atoms with Gasteiger partial charge in [-0.1, -0.05) is 0 Å². The Kier molecular flexibility index (Phi) is 3.33. The fourth-order valence-electron chi connectivity index (χ4n) is 3.59. The molecule has 7 nitrogen and oxygen atoms in total. The van der Waals surface area contributed by atoms with E-state index in [9.17, 15) is 0 Å². The van der Waals surface area contributed by atoms with Crippen LogP contribution >= 0.6 is 0 Å². The maximum Gasteiger partial charge on any atom is 0.138 e. The Morgan fingerprint density at radius 1 is 0.966 bits per heavy atom. The van der Waals surface area contributed by atoms with Gasteiger partial charge in [0, 0.05) is 35.1 Å². The maximum absolute atomic E-state index is 5.25. The minimum absolute atomic E-state index is 0.752. The van der Waals surface area contributed by atoms with Crippen LogP contribution in [0.25, 0.3) is 55.8 Å².